The number of amides is 2. The fraction of sp³-hybridized carbons (Fsp3) is 0.471. The maximum Gasteiger partial charge on any atom is 0.335 e. The number of rotatable bonds is 3. The summed E-state index contributed by atoms with van der Waals surface area (Å²) in [6.45, 7) is 0.0959. The van der Waals surface area contributed by atoms with Crippen molar-refractivity contribution < 1.29 is 19.5 Å². The molecule has 1 saturated heterocycles. The van der Waals surface area contributed by atoms with Crippen LogP contribution in [0.15, 0.2) is 24.3 Å². The number of nitrogens with zero attached hydrogens (tertiary/aromatic N) is 1. The van der Waals surface area contributed by atoms with Crippen molar-refractivity contribution in [1.82, 2.24) is 10.2 Å². The fourth-order valence-corrected chi connectivity index (χ4v) is 3.54. The minimum Gasteiger partial charge on any atom is -0.478 e. The number of piperazine rings is 1. The quantitative estimate of drug-likeness (QED) is 0.877. The largest absolute Gasteiger partial charge is 0.478 e. The summed E-state index contributed by atoms with van der Waals surface area (Å²) in [5.74, 6) is -1.23. The van der Waals surface area contributed by atoms with Crippen molar-refractivity contribution >= 4 is 17.8 Å². The summed E-state index contributed by atoms with van der Waals surface area (Å²) in [4.78, 5) is 37.2. The molecule has 1 saturated carbocycles. The van der Waals surface area contributed by atoms with Gasteiger partial charge in [-0.3, -0.25) is 9.59 Å². The molecule has 6 heteroatoms. The molecule has 0 radical (unpaired) electrons. The van der Waals surface area contributed by atoms with E-state index in [-0.39, 0.29) is 42.4 Å². The summed E-state index contributed by atoms with van der Waals surface area (Å²) in [6, 6.07) is 6.52. The Morgan fingerprint density at radius 3 is 2.83 bits per heavy atom. The first-order valence-corrected chi connectivity index (χ1v) is 7.95. The van der Waals surface area contributed by atoms with Crippen LogP contribution in [0, 0.1) is 0 Å². The SMILES string of the molecule is O=C1CN(C(=O)Cc2cccc(C(=O)O)c2)C2CCCCC2N1. The van der Waals surface area contributed by atoms with E-state index in [0.29, 0.717) is 5.56 Å². The summed E-state index contributed by atoms with van der Waals surface area (Å²) in [5.41, 5.74) is 0.829. The highest BCUT2D eigenvalue weighted by Gasteiger charge is 2.38. The Bertz CT molecular complexity index is 643. The predicted octanol–water partition coefficient (Wildman–Crippen LogP) is 1.20. The molecule has 1 aromatic rings. The van der Waals surface area contributed by atoms with Gasteiger partial charge in [-0.25, -0.2) is 4.79 Å². The first kappa shape index (κ1) is 15.5. The van der Waals surface area contributed by atoms with E-state index in [1.165, 1.54) is 12.1 Å². The van der Waals surface area contributed by atoms with E-state index in [4.69, 9.17) is 5.11 Å². The number of aromatic carboxylic acids is 1. The lowest BCUT2D eigenvalue weighted by atomic mass is 9.87. The molecule has 122 valence electrons. The highest BCUT2D eigenvalue weighted by molar-refractivity contribution is 5.89. The van der Waals surface area contributed by atoms with Crippen LogP contribution in [0.4, 0.5) is 0 Å². The van der Waals surface area contributed by atoms with Gasteiger partial charge in [0.2, 0.25) is 11.8 Å². The van der Waals surface area contributed by atoms with Crippen LogP contribution in [-0.2, 0) is 16.0 Å². The molecule has 1 aliphatic heterocycles. The van der Waals surface area contributed by atoms with Crippen molar-refractivity contribution in [2.45, 2.75) is 44.2 Å². The van der Waals surface area contributed by atoms with Gasteiger partial charge < -0.3 is 15.3 Å². The number of hydrogen-bond donors (Lipinski definition) is 2. The minimum absolute atomic E-state index is 0.0549. The van der Waals surface area contributed by atoms with Crippen molar-refractivity contribution in [2.75, 3.05) is 6.54 Å². The Balaban J connectivity index is 1.75. The van der Waals surface area contributed by atoms with Crippen LogP contribution in [0.2, 0.25) is 0 Å². The number of hydrogen-bond acceptors (Lipinski definition) is 3. The van der Waals surface area contributed by atoms with Crippen molar-refractivity contribution in [2.24, 2.45) is 0 Å². The molecule has 6 nitrogen and oxygen atoms in total. The molecule has 3 rings (SSSR count). The van der Waals surface area contributed by atoms with Gasteiger partial charge in [0.25, 0.3) is 0 Å². The summed E-state index contributed by atoms with van der Waals surface area (Å²) in [7, 11) is 0. The second-order valence-electron chi connectivity index (χ2n) is 6.23. The Labute approximate surface area is 134 Å². The minimum atomic E-state index is -1.01. The summed E-state index contributed by atoms with van der Waals surface area (Å²) in [5, 5.41) is 12.0. The van der Waals surface area contributed by atoms with Gasteiger partial charge in [0, 0.05) is 6.04 Å². The molecule has 2 N–H and O–H groups in total. The third-order valence-corrected chi connectivity index (χ3v) is 4.64. The van der Waals surface area contributed by atoms with Crippen molar-refractivity contribution in [3.05, 3.63) is 35.4 Å². The van der Waals surface area contributed by atoms with E-state index in [1.54, 1.807) is 17.0 Å². The van der Waals surface area contributed by atoms with E-state index >= 15 is 0 Å². The van der Waals surface area contributed by atoms with Crippen molar-refractivity contribution in [3.8, 4) is 0 Å². The first-order valence-electron chi connectivity index (χ1n) is 7.95. The highest BCUT2D eigenvalue weighted by Crippen LogP contribution is 2.26. The molecule has 0 aromatic heterocycles. The lowest BCUT2D eigenvalue weighted by Gasteiger charge is -2.44. The fourth-order valence-electron chi connectivity index (χ4n) is 3.54. The topological polar surface area (TPSA) is 86.7 Å². The predicted molar refractivity (Wildman–Crippen MR) is 83.0 cm³/mol. The van der Waals surface area contributed by atoms with Gasteiger partial charge in [-0.2, -0.15) is 0 Å². The zero-order valence-electron chi connectivity index (χ0n) is 12.8. The van der Waals surface area contributed by atoms with E-state index in [9.17, 15) is 14.4 Å². The van der Waals surface area contributed by atoms with Gasteiger partial charge in [-0.1, -0.05) is 25.0 Å². The number of carbonyl (C=O) groups excluding carboxylic acids is 2. The summed E-state index contributed by atoms with van der Waals surface area (Å²) in [6.07, 6.45) is 4.08. The standard InChI is InChI=1S/C17H20N2O4/c20-15-10-19(14-7-2-1-6-13(14)18-15)16(21)9-11-4-3-5-12(8-11)17(22)23/h3-5,8,13-14H,1-2,6-7,9-10H2,(H,18,20)(H,22,23). The molecule has 1 aromatic carbocycles. The normalized spacial score (nSPS) is 23.8. The Kier molecular flexibility index (Phi) is 4.32. The smallest absolute Gasteiger partial charge is 0.335 e. The van der Waals surface area contributed by atoms with Crippen LogP contribution in [0.5, 0.6) is 0 Å². The molecule has 2 aliphatic rings. The molecule has 2 fully saturated rings. The lowest BCUT2D eigenvalue weighted by molar-refractivity contribution is -0.143. The van der Waals surface area contributed by atoms with E-state index in [2.05, 4.69) is 5.32 Å². The molecule has 1 heterocycles. The molecule has 0 bridgehead atoms. The monoisotopic (exact) mass is 316 g/mol. The Hall–Kier alpha value is -2.37. The summed E-state index contributed by atoms with van der Waals surface area (Å²) < 4.78 is 0. The number of carboxylic acid groups (broad SMARTS) is 1. The second kappa shape index (κ2) is 6.40. The van der Waals surface area contributed by atoms with Crippen LogP contribution in [0.1, 0.15) is 41.6 Å². The van der Waals surface area contributed by atoms with Crippen LogP contribution >= 0.6 is 0 Å². The lowest BCUT2D eigenvalue weighted by Crippen LogP contribution is -2.63. The van der Waals surface area contributed by atoms with Gasteiger partial charge in [-0.05, 0) is 30.5 Å². The number of nitrogens with one attached hydrogen (secondary N) is 1. The second-order valence-corrected chi connectivity index (χ2v) is 6.23. The van der Waals surface area contributed by atoms with Crippen molar-refractivity contribution in [3.63, 3.8) is 0 Å². The van der Waals surface area contributed by atoms with E-state index in [1.807, 2.05) is 0 Å². The number of carbonyl (C=O) groups is 3. The molecule has 2 unspecified atom stereocenters. The first-order chi connectivity index (χ1) is 11.0. The maximum absolute atomic E-state index is 12.6. The Morgan fingerprint density at radius 2 is 2.04 bits per heavy atom. The van der Waals surface area contributed by atoms with E-state index < -0.39 is 5.97 Å². The summed E-state index contributed by atoms with van der Waals surface area (Å²) >= 11 is 0. The van der Waals surface area contributed by atoms with Gasteiger partial charge in [0.05, 0.1) is 24.6 Å². The van der Waals surface area contributed by atoms with Crippen LogP contribution < -0.4 is 5.32 Å². The number of benzene rings is 1. The molecule has 0 spiro atoms. The zero-order valence-corrected chi connectivity index (χ0v) is 12.8. The van der Waals surface area contributed by atoms with Crippen LogP contribution in [-0.4, -0.2) is 46.4 Å². The number of fused-ring (bicyclic) bond motifs is 1. The third-order valence-electron chi connectivity index (χ3n) is 4.64. The molecular weight excluding hydrogens is 296 g/mol. The molecule has 2 atom stereocenters. The van der Waals surface area contributed by atoms with Crippen LogP contribution in [0.25, 0.3) is 0 Å². The van der Waals surface area contributed by atoms with Gasteiger partial charge in [-0.15, -0.1) is 0 Å². The van der Waals surface area contributed by atoms with Gasteiger partial charge >= 0.3 is 5.97 Å². The number of carboxylic acids is 1. The Morgan fingerprint density at radius 1 is 1.26 bits per heavy atom. The molecular formula is C17H20N2O4. The van der Waals surface area contributed by atoms with Crippen molar-refractivity contribution in [1.29, 1.82) is 0 Å². The average Bonchev–Trinajstić information content (AvgIpc) is 2.54. The van der Waals surface area contributed by atoms with Gasteiger partial charge in [0.15, 0.2) is 0 Å². The van der Waals surface area contributed by atoms with E-state index in [0.717, 1.165) is 25.7 Å². The highest BCUT2D eigenvalue weighted by atomic mass is 16.4. The maximum atomic E-state index is 12.6. The van der Waals surface area contributed by atoms with Gasteiger partial charge in [0.1, 0.15) is 0 Å². The zero-order chi connectivity index (χ0) is 16.4. The average molecular weight is 316 g/mol. The molecule has 23 heavy (non-hydrogen) atoms. The third kappa shape index (κ3) is 3.36. The van der Waals surface area contributed by atoms with Crippen LogP contribution in [0.3, 0.4) is 0 Å². The molecule has 2 amide bonds. The molecule has 1 aliphatic carbocycles.